The van der Waals surface area contributed by atoms with Crippen molar-refractivity contribution in [1.29, 1.82) is 0 Å². The molecule has 0 saturated carbocycles. The molecule has 0 aromatic rings. The van der Waals surface area contributed by atoms with Crippen LogP contribution in [0, 0.1) is 0 Å². The van der Waals surface area contributed by atoms with Crippen molar-refractivity contribution in [2.45, 2.75) is 14.4 Å². The molecule has 0 amide bonds. The Morgan fingerprint density at radius 3 is 1.67 bits per heavy atom. The van der Waals surface area contributed by atoms with Gasteiger partial charge in [0.15, 0.2) is 0 Å². The standard InChI is InChI=1S/C3H4O3.C2H5.K/c1-2(4)3(5)6;1-2;/h1H3,(H,5,6);1H2,2H3;. The zero-order valence-electron chi connectivity index (χ0n) is 5.97. The Hall–Kier alpha value is 0.776. The van der Waals surface area contributed by atoms with E-state index in [2.05, 4.69) is 6.92 Å². The quantitative estimate of drug-likeness (QED) is 0.437. The van der Waals surface area contributed by atoms with Gasteiger partial charge in [-0.3, -0.25) is 4.79 Å². The molecular weight excluding hydrogens is 147 g/mol. The van der Waals surface area contributed by atoms with E-state index in [9.17, 15) is 9.59 Å². The Morgan fingerprint density at radius 1 is 1.56 bits per heavy atom. The molecule has 0 aromatic heterocycles. The zero-order valence-corrected chi connectivity index (χ0v) is 9.09. The predicted molar refractivity (Wildman–Crippen MR) is 34.6 cm³/mol. The molecule has 0 rings (SSSR count). The molecule has 0 radical (unpaired) electrons. The van der Waals surface area contributed by atoms with E-state index in [1.165, 1.54) is 0.515 Å². The second kappa shape index (κ2) is 8.78. The predicted octanol–water partition coefficient (Wildman–Crippen LogP) is 0.253. The number of rotatable bonds is 1. The van der Waals surface area contributed by atoms with Crippen LogP contribution >= 0.6 is 0 Å². The van der Waals surface area contributed by atoms with Gasteiger partial charge in [0.1, 0.15) is 0 Å². The molecule has 0 heterocycles. The van der Waals surface area contributed by atoms with E-state index < -0.39 is 11.8 Å². The average molecular weight is 156 g/mol. The van der Waals surface area contributed by atoms with Crippen LogP contribution in [0.15, 0.2) is 0 Å². The summed E-state index contributed by atoms with van der Waals surface area (Å²) in [5.74, 6) is -2.20. The number of carboxylic acid groups (broad SMARTS) is 1. The van der Waals surface area contributed by atoms with Crippen molar-refractivity contribution in [1.82, 2.24) is 0 Å². The van der Waals surface area contributed by atoms with Gasteiger partial charge in [-0.2, -0.15) is 0 Å². The van der Waals surface area contributed by atoms with Gasteiger partial charge in [0, 0.05) is 6.92 Å². The van der Waals surface area contributed by atoms with Crippen molar-refractivity contribution in [2.75, 3.05) is 0 Å². The maximum atomic E-state index is 9.54. The first-order chi connectivity index (χ1) is 4.06. The molecule has 48 valence electrons. The molecule has 0 aliphatic carbocycles. The van der Waals surface area contributed by atoms with Gasteiger partial charge in [-0.05, 0) is 0 Å². The molecule has 0 spiro atoms. The number of ketones is 1. The Labute approximate surface area is 88.4 Å². The molecule has 0 aliphatic heterocycles. The van der Waals surface area contributed by atoms with Gasteiger partial charge in [0.05, 0.1) is 0 Å². The van der Waals surface area contributed by atoms with Crippen molar-refractivity contribution in [3.05, 3.63) is 0 Å². The second-order valence-corrected chi connectivity index (χ2v) is 3.78. The van der Waals surface area contributed by atoms with E-state index in [1.54, 1.807) is 0 Å². The van der Waals surface area contributed by atoms with E-state index in [4.69, 9.17) is 5.11 Å². The fourth-order valence-corrected chi connectivity index (χ4v) is 0. The summed E-state index contributed by atoms with van der Waals surface area (Å²) in [6.07, 6.45) is 0. The van der Waals surface area contributed by atoms with Crippen LogP contribution in [0.3, 0.4) is 0 Å². The molecule has 0 bridgehead atoms. The molecule has 1 N–H and O–H groups in total. The number of aliphatic carboxylic acids is 1. The second-order valence-electron chi connectivity index (χ2n) is 1.57. The van der Waals surface area contributed by atoms with E-state index in [1.807, 2.05) is 0 Å². The molecule has 0 fully saturated rings. The third-order valence-corrected chi connectivity index (χ3v) is 0.301. The van der Waals surface area contributed by atoms with E-state index in [0.29, 0.717) is 0 Å². The van der Waals surface area contributed by atoms with Crippen molar-refractivity contribution in [3.8, 4) is 0 Å². The summed E-state index contributed by atoms with van der Waals surface area (Å²) in [7, 11) is 0. The van der Waals surface area contributed by atoms with Crippen LogP contribution in [-0.2, 0) is 9.59 Å². The number of Topliss-reactive ketones (excluding diaryl/α,β-unsaturated/α-hetero) is 1. The van der Waals surface area contributed by atoms with Crippen LogP contribution in [-0.4, -0.2) is 65.8 Å². The number of hydrogen-bond acceptors (Lipinski definition) is 2. The van der Waals surface area contributed by atoms with Crippen LogP contribution in [0.1, 0.15) is 13.8 Å². The molecule has 9 heavy (non-hydrogen) atoms. The topological polar surface area (TPSA) is 54.4 Å². The third kappa shape index (κ3) is 17.7. The minimum atomic E-state index is -1.38. The van der Waals surface area contributed by atoms with E-state index >= 15 is 0 Å². The van der Waals surface area contributed by atoms with Crippen molar-refractivity contribution in [2.24, 2.45) is 0 Å². The summed E-state index contributed by atoms with van der Waals surface area (Å²) < 4.78 is 1.44. The summed E-state index contributed by atoms with van der Waals surface area (Å²) in [5, 5.41) is 7.64. The minimum absolute atomic E-state index is 0.824. The normalized spacial score (nSPS) is 7.11. The number of hydrogen-bond donors (Lipinski definition) is 1. The Morgan fingerprint density at radius 2 is 1.67 bits per heavy atom. The number of carbonyl (C=O) groups excluding carboxylic acids is 1. The van der Waals surface area contributed by atoms with Gasteiger partial charge >= 0.3 is 62.4 Å². The third-order valence-electron chi connectivity index (χ3n) is 0.301. The number of carboxylic acids is 1. The maximum absolute atomic E-state index is 9.54. The Bertz CT molecular complexity index is 88.4. The molecule has 0 aromatic carbocycles. The molecule has 0 aliphatic rings. The van der Waals surface area contributed by atoms with Crippen LogP contribution in [0.2, 0.25) is 0.515 Å². The van der Waals surface area contributed by atoms with Crippen molar-refractivity contribution < 1.29 is 14.7 Å². The monoisotopic (exact) mass is 156 g/mol. The molecule has 4 heteroatoms. The van der Waals surface area contributed by atoms with Gasteiger partial charge in [-0.25, -0.2) is 4.79 Å². The Balaban J connectivity index is 0. The first-order valence-corrected chi connectivity index (χ1v) is 5.00. The molecule has 0 unspecified atom stereocenters. The van der Waals surface area contributed by atoms with E-state index in [-0.39, 0.29) is 0 Å². The summed E-state index contributed by atoms with van der Waals surface area (Å²) in [4.78, 5) is 18.9. The van der Waals surface area contributed by atoms with Crippen LogP contribution in [0.4, 0.5) is 0 Å². The number of carbonyl (C=O) groups is 2. The van der Waals surface area contributed by atoms with Gasteiger partial charge in [0.2, 0.25) is 5.78 Å². The molecular formula is C5H9KO3. The first kappa shape index (κ1) is 12.5. The molecule has 3 nitrogen and oxygen atoms in total. The first-order valence-electron chi connectivity index (χ1n) is 2.80. The van der Waals surface area contributed by atoms with Gasteiger partial charge in [-0.1, -0.05) is 0 Å². The van der Waals surface area contributed by atoms with Gasteiger partial charge < -0.3 is 5.11 Å². The summed E-state index contributed by atoms with van der Waals surface area (Å²) in [6.45, 7) is 3.21. The molecule has 0 atom stereocenters. The van der Waals surface area contributed by atoms with Crippen LogP contribution in [0.5, 0.6) is 0 Å². The fourth-order valence-electron chi connectivity index (χ4n) is 0. The van der Waals surface area contributed by atoms with Gasteiger partial charge in [0.25, 0.3) is 0 Å². The summed E-state index contributed by atoms with van der Waals surface area (Å²) >= 11 is 1.10. The molecule has 0 saturated heterocycles. The van der Waals surface area contributed by atoms with Crippen molar-refractivity contribution >= 4 is 60.7 Å². The fraction of sp³-hybridized carbons (Fsp3) is 0.600. The van der Waals surface area contributed by atoms with Crippen LogP contribution < -0.4 is 0 Å². The van der Waals surface area contributed by atoms with Crippen molar-refractivity contribution in [3.63, 3.8) is 0 Å². The van der Waals surface area contributed by atoms with Gasteiger partial charge in [-0.15, -0.1) is 0 Å². The SMILES string of the molecule is CC(=O)C(=O)O.C[CH2][K]. The summed E-state index contributed by atoms with van der Waals surface area (Å²) in [6, 6.07) is 0. The van der Waals surface area contributed by atoms with E-state index in [0.717, 1.165) is 55.9 Å². The zero-order chi connectivity index (χ0) is 7.86. The average Bonchev–Trinajstić information content (AvgIpc) is 1.68. The summed E-state index contributed by atoms with van der Waals surface area (Å²) in [5.41, 5.74) is 0. The Kier molecular flexibility index (Phi) is 12.1. The van der Waals surface area contributed by atoms with Crippen LogP contribution in [0.25, 0.3) is 0 Å².